The van der Waals surface area contributed by atoms with Gasteiger partial charge in [0.1, 0.15) is 11.6 Å². The second-order valence-corrected chi connectivity index (χ2v) is 15.6. The Labute approximate surface area is 277 Å². The molecule has 0 fully saturated rings. The van der Waals surface area contributed by atoms with Gasteiger partial charge in [-0.1, -0.05) is 44.5 Å². The molecule has 1 aliphatic heterocycles. The Bertz CT molecular complexity index is 2100. The average Bonchev–Trinajstić information content (AvgIpc) is 3.64. The molecule has 0 spiro atoms. The summed E-state index contributed by atoms with van der Waals surface area (Å²) in [5.41, 5.74) is 3.66. The van der Waals surface area contributed by atoms with E-state index in [9.17, 15) is 18.3 Å². The summed E-state index contributed by atoms with van der Waals surface area (Å²) in [4.78, 5) is 18.5. The number of nitrogens with one attached hydrogen (secondary N) is 1. The van der Waals surface area contributed by atoms with Gasteiger partial charge in [-0.3, -0.25) is 9.48 Å². The van der Waals surface area contributed by atoms with Crippen LogP contribution in [0.1, 0.15) is 67.8 Å². The molecule has 252 valence electrons. The van der Waals surface area contributed by atoms with Crippen LogP contribution in [0.25, 0.3) is 22.3 Å². The summed E-state index contributed by atoms with van der Waals surface area (Å²) in [7, 11) is -3.59. The third-order valence-corrected chi connectivity index (χ3v) is 11.0. The largest absolute Gasteiger partial charge is 0.481 e. The van der Waals surface area contributed by atoms with Gasteiger partial charge in [0.2, 0.25) is 0 Å². The zero-order valence-corrected chi connectivity index (χ0v) is 27.9. The Balaban J connectivity index is 1.47. The summed E-state index contributed by atoms with van der Waals surface area (Å²) in [5.74, 6) is -2.41. The van der Waals surface area contributed by atoms with E-state index in [1.165, 1.54) is 30.6 Å². The normalized spacial score (nSPS) is 18.0. The van der Waals surface area contributed by atoms with Crippen molar-refractivity contribution in [3.63, 3.8) is 0 Å². The highest BCUT2D eigenvalue weighted by Gasteiger charge is 2.29. The molecule has 4 bridgehead atoms. The molecule has 0 amide bonds. The Morgan fingerprint density at radius 2 is 1.96 bits per heavy atom. The number of H-pyrrole nitrogens is 1. The monoisotopic (exact) mass is 676 g/mol. The third-order valence-electron chi connectivity index (χ3n) is 8.93. The molecular formula is C36H38F2N4O5S. The lowest BCUT2D eigenvalue weighted by molar-refractivity contribution is -0.136. The zero-order chi connectivity index (χ0) is 34.2. The van der Waals surface area contributed by atoms with E-state index in [1.807, 2.05) is 51.2 Å². The number of benzene rings is 3. The van der Waals surface area contributed by atoms with Crippen molar-refractivity contribution < 1.29 is 31.8 Å². The molecular weight excluding hydrogens is 638 g/mol. The van der Waals surface area contributed by atoms with E-state index in [2.05, 4.69) is 9.97 Å². The summed E-state index contributed by atoms with van der Waals surface area (Å²) < 4.78 is 66.0. The van der Waals surface area contributed by atoms with Crippen LogP contribution in [0.2, 0.25) is 0 Å². The number of aromatic amines is 1. The molecule has 48 heavy (non-hydrogen) atoms. The lowest BCUT2D eigenvalue weighted by atomic mass is 9.87. The number of fused-ring (bicyclic) bond motifs is 8. The third kappa shape index (κ3) is 7.28. The van der Waals surface area contributed by atoms with E-state index in [-0.39, 0.29) is 47.5 Å². The Hall–Kier alpha value is -4.58. The molecule has 5 aromatic rings. The second kappa shape index (κ2) is 13.1. The van der Waals surface area contributed by atoms with Gasteiger partial charge in [0, 0.05) is 29.8 Å². The summed E-state index contributed by atoms with van der Waals surface area (Å²) in [5, 5.41) is 14.1. The Morgan fingerprint density at radius 3 is 2.75 bits per heavy atom. The fraction of sp³-hybridized carbons (Fsp3) is 0.361. The molecule has 12 heteroatoms. The molecule has 1 atom stereocenters. The number of carboxylic acids is 1. The maximum atomic E-state index is 15.6. The van der Waals surface area contributed by atoms with Gasteiger partial charge in [0.25, 0.3) is 0 Å². The van der Waals surface area contributed by atoms with Crippen LogP contribution in [0, 0.1) is 24.0 Å². The molecule has 0 radical (unpaired) electrons. The lowest BCUT2D eigenvalue weighted by Gasteiger charge is -2.26. The predicted molar refractivity (Wildman–Crippen MR) is 179 cm³/mol. The molecule has 3 heterocycles. The number of imidazole rings is 1. The number of halogens is 2. The number of hydrogen-bond acceptors (Lipinski definition) is 6. The van der Waals surface area contributed by atoms with Gasteiger partial charge in [-0.05, 0) is 72.9 Å². The quantitative estimate of drug-likeness (QED) is 0.201. The molecule has 0 aliphatic carbocycles. The molecule has 0 saturated carbocycles. The van der Waals surface area contributed by atoms with Crippen molar-refractivity contribution in [2.45, 2.75) is 65.3 Å². The van der Waals surface area contributed by atoms with Gasteiger partial charge < -0.3 is 14.8 Å². The first-order valence-electron chi connectivity index (χ1n) is 16.0. The smallest absolute Gasteiger partial charge is 0.303 e. The van der Waals surface area contributed by atoms with E-state index in [4.69, 9.17) is 9.84 Å². The minimum absolute atomic E-state index is 0.000445. The number of rotatable bonds is 4. The number of aliphatic carboxylic acids is 1. The minimum Gasteiger partial charge on any atom is -0.481 e. The molecule has 2 N–H and O–H groups in total. The van der Waals surface area contributed by atoms with Gasteiger partial charge in [-0.2, -0.15) is 5.10 Å². The lowest BCUT2D eigenvalue weighted by Crippen LogP contribution is -2.27. The second-order valence-electron chi connectivity index (χ2n) is 13.4. The van der Waals surface area contributed by atoms with E-state index < -0.39 is 32.9 Å². The van der Waals surface area contributed by atoms with Crippen LogP contribution in [0.4, 0.5) is 8.78 Å². The van der Waals surface area contributed by atoms with Crippen molar-refractivity contribution in [2.24, 2.45) is 5.41 Å². The van der Waals surface area contributed by atoms with Crippen molar-refractivity contribution in [1.29, 1.82) is 0 Å². The molecule has 2 aromatic heterocycles. The van der Waals surface area contributed by atoms with Gasteiger partial charge in [0.15, 0.2) is 21.4 Å². The summed E-state index contributed by atoms with van der Waals surface area (Å²) >= 11 is 0. The van der Waals surface area contributed by atoms with Crippen molar-refractivity contribution >= 4 is 26.8 Å². The fourth-order valence-corrected chi connectivity index (χ4v) is 8.64. The number of carboxylic acid groups (broad SMARTS) is 1. The number of hydrogen-bond donors (Lipinski definition) is 2. The van der Waals surface area contributed by atoms with Crippen molar-refractivity contribution in [3.8, 4) is 22.8 Å². The maximum absolute atomic E-state index is 15.6. The highest BCUT2D eigenvalue weighted by Crippen LogP contribution is 2.38. The molecule has 1 unspecified atom stereocenters. The van der Waals surface area contributed by atoms with Gasteiger partial charge in [-0.15, -0.1) is 0 Å². The van der Waals surface area contributed by atoms with Crippen LogP contribution >= 0.6 is 0 Å². The first-order chi connectivity index (χ1) is 22.8. The number of nitrogens with zero attached hydrogens (tertiary/aromatic N) is 3. The van der Waals surface area contributed by atoms with Crippen LogP contribution in [0.15, 0.2) is 61.1 Å². The van der Waals surface area contributed by atoms with Crippen molar-refractivity contribution in [2.75, 3.05) is 11.5 Å². The van der Waals surface area contributed by atoms with Crippen LogP contribution in [0.3, 0.4) is 0 Å². The van der Waals surface area contributed by atoms with Crippen molar-refractivity contribution in [1.82, 2.24) is 19.7 Å². The highest BCUT2D eigenvalue weighted by molar-refractivity contribution is 7.91. The summed E-state index contributed by atoms with van der Waals surface area (Å²) in [6, 6.07) is 12.8. The SMILES string of the molecule is Cc1cn2nc1-c1cc(ccc1F)Oc1c(F)cc3[nH]cnc3c1CCS(=O)(=O)CC(C)(C)CCCC2c1cccc(CCC(=O)O)c1. The summed E-state index contributed by atoms with van der Waals surface area (Å²) in [6.45, 7) is 5.70. The van der Waals surface area contributed by atoms with E-state index in [0.717, 1.165) is 11.1 Å². The standard InChI is InChI=1S/C36H38F2N4O5S/c1-22-19-42-31(24-7-4-6-23(16-24)9-12-32(43)44)8-5-14-36(2,3)20-48(45,46)15-13-26-34-30(39-21-40-34)18-29(38)35(26)47-25-10-11-28(37)27(17-25)33(22)41-42/h4,6-7,10-11,16-19,21,31H,5,8-9,12-15,20H2,1-3H3,(H,39,40)(H,43,44). The number of sulfone groups is 1. The topological polar surface area (TPSA) is 127 Å². The maximum Gasteiger partial charge on any atom is 0.303 e. The average molecular weight is 677 g/mol. The van der Waals surface area contributed by atoms with Crippen LogP contribution in [-0.4, -0.2) is 50.7 Å². The van der Waals surface area contributed by atoms with E-state index in [0.29, 0.717) is 53.5 Å². The predicted octanol–water partition coefficient (Wildman–Crippen LogP) is 7.58. The van der Waals surface area contributed by atoms with Crippen LogP contribution < -0.4 is 4.74 Å². The van der Waals surface area contributed by atoms with Gasteiger partial charge >= 0.3 is 5.97 Å². The minimum atomic E-state index is -3.59. The molecule has 3 aromatic carbocycles. The Kier molecular flexibility index (Phi) is 9.12. The van der Waals surface area contributed by atoms with Gasteiger partial charge in [-0.25, -0.2) is 22.2 Å². The fourth-order valence-electron chi connectivity index (χ4n) is 6.65. The van der Waals surface area contributed by atoms with Gasteiger partial charge in [0.05, 0.1) is 40.6 Å². The summed E-state index contributed by atoms with van der Waals surface area (Å²) in [6.07, 6.45) is 5.50. The number of aromatic nitrogens is 4. The highest BCUT2D eigenvalue weighted by atomic mass is 32.2. The van der Waals surface area contributed by atoms with Crippen molar-refractivity contribution in [3.05, 3.63) is 94.9 Å². The zero-order valence-electron chi connectivity index (χ0n) is 27.1. The van der Waals surface area contributed by atoms with E-state index in [1.54, 1.807) is 4.68 Å². The van der Waals surface area contributed by atoms with E-state index >= 15 is 8.78 Å². The molecule has 9 nitrogen and oxygen atoms in total. The molecule has 6 rings (SSSR count). The molecule has 0 saturated heterocycles. The number of aryl methyl sites for hydroxylation is 3. The Morgan fingerprint density at radius 1 is 1.15 bits per heavy atom. The first kappa shape index (κ1) is 33.3. The van der Waals surface area contributed by atoms with Crippen LogP contribution in [-0.2, 0) is 27.5 Å². The molecule has 1 aliphatic rings. The van der Waals surface area contributed by atoms with Crippen LogP contribution in [0.5, 0.6) is 11.5 Å². The number of carbonyl (C=O) groups is 1. The number of ether oxygens (including phenoxy) is 1. The first-order valence-corrected chi connectivity index (χ1v) is 17.8.